The van der Waals surface area contributed by atoms with Gasteiger partial charge < -0.3 is 15.5 Å². The topological polar surface area (TPSA) is 78.3 Å². The van der Waals surface area contributed by atoms with Crippen molar-refractivity contribution in [2.24, 2.45) is 0 Å². The van der Waals surface area contributed by atoms with Crippen LogP contribution in [0.4, 0.5) is 5.69 Å². The minimum absolute atomic E-state index is 0.0906. The summed E-state index contributed by atoms with van der Waals surface area (Å²) in [6.07, 6.45) is 3.96. The summed E-state index contributed by atoms with van der Waals surface area (Å²) in [5.74, 6) is 0. The number of nitrogens with one attached hydrogen (secondary N) is 1. The van der Waals surface area contributed by atoms with Gasteiger partial charge in [-0.15, -0.1) is 0 Å². The highest BCUT2D eigenvalue weighted by molar-refractivity contribution is 6.29. The molecule has 0 amide bonds. The number of hydrogen-bond acceptors (Lipinski definition) is 5. The van der Waals surface area contributed by atoms with Crippen molar-refractivity contribution in [2.75, 3.05) is 11.9 Å². The molecule has 0 aliphatic rings. The number of aromatic nitrogens is 2. The molecule has 3 N–H and O–H groups in total. The predicted molar refractivity (Wildman–Crippen MR) is 92.5 cm³/mol. The molecule has 0 aliphatic carbocycles. The van der Waals surface area contributed by atoms with E-state index in [4.69, 9.17) is 16.7 Å². The molecule has 0 spiro atoms. The van der Waals surface area contributed by atoms with E-state index in [-0.39, 0.29) is 12.6 Å². The maximum Gasteiger partial charge on any atom is 0.131 e. The zero-order valence-electron chi connectivity index (χ0n) is 13.5. The van der Waals surface area contributed by atoms with Crippen molar-refractivity contribution in [3.63, 3.8) is 0 Å². The number of halogens is 1. The molecule has 2 aromatic heterocycles. The molecule has 6 heteroatoms. The van der Waals surface area contributed by atoms with Crippen LogP contribution in [0.5, 0.6) is 0 Å². The number of aliphatic hydroxyl groups excluding tert-OH is 1. The van der Waals surface area contributed by atoms with Crippen LogP contribution in [-0.4, -0.2) is 32.8 Å². The Balaban J connectivity index is 2.35. The average molecular weight is 336 g/mol. The summed E-state index contributed by atoms with van der Waals surface area (Å²) in [6.45, 7) is 5.54. The molecule has 2 rings (SSSR count). The number of nitrogens with zero attached hydrogens (tertiary/aromatic N) is 2. The van der Waals surface area contributed by atoms with Crippen LogP contribution in [0.2, 0.25) is 5.15 Å². The van der Waals surface area contributed by atoms with Crippen LogP contribution in [0.25, 0.3) is 11.3 Å². The molecular formula is C17H22ClN3O2. The van der Waals surface area contributed by atoms with Crippen LogP contribution in [-0.2, 0) is 5.60 Å². The van der Waals surface area contributed by atoms with E-state index in [1.165, 1.54) is 0 Å². The summed E-state index contributed by atoms with van der Waals surface area (Å²) < 4.78 is 0. The molecule has 0 unspecified atom stereocenters. The van der Waals surface area contributed by atoms with Crippen LogP contribution in [0.1, 0.15) is 32.8 Å². The molecule has 2 heterocycles. The first-order valence-corrected chi connectivity index (χ1v) is 7.91. The fourth-order valence-corrected chi connectivity index (χ4v) is 2.36. The lowest BCUT2D eigenvalue weighted by Crippen LogP contribution is -2.17. The van der Waals surface area contributed by atoms with E-state index in [2.05, 4.69) is 15.3 Å². The first kappa shape index (κ1) is 17.7. The van der Waals surface area contributed by atoms with Gasteiger partial charge >= 0.3 is 0 Å². The van der Waals surface area contributed by atoms with E-state index < -0.39 is 5.60 Å². The standard InChI is InChI=1S/C17H22ClN3O2/c1-11(6-7-22)21-15-8-16(18)20-10-13(15)14-5-4-12(9-19-14)17(2,3)23/h4-5,8-11,22-23H,6-7H2,1-3H3,(H,20,21)/t11-/m0/s1. The zero-order chi connectivity index (χ0) is 17.0. The summed E-state index contributed by atoms with van der Waals surface area (Å²) in [5, 5.41) is 22.8. The summed E-state index contributed by atoms with van der Waals surface area (Å²) in [4.78, 5) is 8.55. The molecule has 0 saturated heterocycles. The Bertz CT molecular complexity index is 654. The Morgan fingerprint density at radius 2 is 2.00 bits per heavy atom. The van der Waals surface area contributed by atoms with E-state index in [9.17, 15) is 5.11 Å². The highest BCUT2D eigenvalue weighted by atomic mass is 35.5. The molecule has 1 atom stereocenters. The van der Waals surface area contributed by atoms with Crippen LogP contribution >= 0.6 is 11.6 Å². The van der Waals surface area contributed by atoms with Crippen LogP contribution in [0.15, 0.2) is 30.6 Å². The van der Waals surface area contributed by atoms with Gasteiger partial charge in [0.25, 0.3) is 0 Å². The first-order valence-electron chi connectivity index (χ1n) is 7.53. The van der Waals surface area contributed by atoms with Gasteiger partial charge in [0.05, 0.1) is 11.3 Å². The van der Waals surface area contributed by atoms with Crippen molar-refractivity contribution < 1.29 is 10.2 Å². The van der Waals surface area contributed by atoms with Crippen molar-refractivity contribution in [1.29, 1.82) is 0 Å². The molecular weight excluding hydrogens is 314 g/mol. The Kier molecular flexibility index (Phi) is 5.57. The Labute approximate surface area is 141 Å². The van der Waals surface area contributed by atoms with Crippen molar-refractivity contribution in [1.82, 2.24) is 9.97 Å². The summed E-state index contributed by atoms with van der Waals surface area (Å²) in [6, 6.07) is 5.53. The fraction of sp³-hybridized carbons (Fsp3) is 0.412. The van der Waals surface area contributed by atoms with Crippen molar-refractivity contribution in [3.05, 3.63) is 41.3 Å². The normalized spacial score (nSPS) is 13.0. The SMILES string of the molecule is C[C@@H](CCO)Nc1cc(Cl)ncc1-c1ccc(C(C)(C)O)cn1. The molecule has 0 saturated carbocycles. The molecule has 0 radical (unpaired) electrons. The van der Waals surface area contributed by atoms with E-state index in [1.807, 2.05) is 19.1 Å². The highest BCUT2D eigenvalue weighted by Gasteiger charge is 2.17. The average Bonchev–Trinajstić information content (AvgIpc) is 2.47. The van der Waals surface area contributed by atoms with Gasteiger partial charge in [0.1, 0.15) is 5.15 Å². The monoisotopic (exact) mass is 335 g/mol. The molecule has 5 nitrogen and oxygen atoms in total. The lowest BCUT2D eigenvalue weighted by Gasteiger charge is -2.19. The third-order valence-corrected chi connectivity index (χ3v) is 3.79. The minimum atomic E-state index is -0.930. The Morgan fingerprint density at radius 1 is 1.26 bits per heavy atom. The number of anilines is 1. The van der Waals surface area contributed by atoms with Gasteiger partial charge in [-0.2, -0.15) is 0 Å². The maximum atomic E-state index is 10.0. The summed E-state index contributed by atoms with van der Waals surface area (Å²) in [5.41, 5.74) is 2.18. The summed E-state index contributed by atoms with van der Waals surface area (Å²) in [7, 11) is 0. The quantitative estimate of drug-likeness (QED) is 0.706. The molecule has 2 aromatic rings. The Morgan fingerprint density at radius 3 is 2.57 bits per heavy atom. The number of rotatable bonds is 6. The van der Waals surface area contributed by atoms with Crippen LogP contribution in [0.3, 0.4) is 0 Å². The van der Waals surface area contributed by atoms with E-state index in [1.54, 1.807) is 32.3 Å². The van der Waals surface area contributed by atoms with Gasteiger partial charge in [0, 0.05) is 41.9 Å². The lowest BCUT2D eigenvalue weighted by molar-refractivity contribution is 0.0782. The van der Waals surface area contributed by atoms with E-state index in [0.29, 0.717) is 11.6 Å². The predicted octanol–water partition coefficient (Wildman–Crippen LogP) is 3.21. The largest absolute Gasteiger partial charge is 0.396 e. The zero-order valence-corrected chi connectivity index (χ0v) is 14.3. The first-order chi connectivity index (χ1) is 10.8. The molecule has 0 aliphatic heterocycles. The lowest BCUT2D eigenvalue weighted by atomic mass is 9.99. The molecule has 0 fully saturated rings. The molecule has 124 valence electrons. The van der Waals surface area contributed by atoms with E-state index in [0.717, 1.165) is 22.5 Å². The third kappa shape index (κ3) is 4.64. The second kappa shape index (κ2) is 7.25. The van der Waals surface area contributed by atoms with Gasteiger partial charge in [-0.1, -0.05) is 17.7 Å². The fourth-order valence-electron chi connectivity index (χ4n) is 2.20. The summed E-state index contributed by atoms with van der Waals surface area (Å²) >= 11 is 6.00. The second-order valence-corrected chi connectivity index (χ2v) is 6.49. The number of pyridine rings is 2. The molecule has 0 bridgehead atoms. The van der Waals surface area contributed by atoms with E-state index >= 15 is 0 Å². The number of aliphatic hydroxyl groups is 2. The smallest absolute Gasteiger partial charge is 0.131 e. The highest BCUT2D eigenvalue weighted by Crippen LogP contribution is 2.30. The third-order valence-electron chi connectivity index (χ3n) is 3.58. The molecule has 23 heavy (non-hydrogen) atoms. The van der Waals surface area contributed by atoms with Crippen molar-refractivity contribution >= 4 is 17.3 Å². The van der Waals surface area contributed by atoms with Crippen molar-refractivity contribution in [2.45, 2.75) is 38.8 Å². The number of hydrogen-bond donors (Lipinski definition) is 3. The van der Waals surface area contributed by atoms with Gasteiger partial charge in [-0.05, 0) is 39.3 Å². The van der Waals surface area contributed by atoms with Crippen molar-refractivity contribution in [3.8, 4) is 11.3 Å². The molecule has 0 aromatic carbocycles. The van der Waals surface area contributed by atoms with Gasteiger partial charge in [-0.25, -0.2) is 4.98 Å². The minimum Gasteiger partial charge on any atom is -0.396 e. The van der Waals surface area contributed by atoms with Gasteiger partial charge in [0.15, 0.2) is 0 Å². The van der Waals surface area contributed by atoms with Crippen LogP contribution in [0, 0.1) is 0 Å². The van der Waals surface area contributed by atoms with Crippen LogP contribution < -0.4 is 5.32 Å². The Hall–Kier alpha value is -1.69. The van der Waals surface area contributed by atoms with Gasteiger partial charge in [0.2, 0.25) is 0 Å². The second-order valence-electron chi connectivity index (χ2n) is 6.10. The maximum absolute atomic E-state index is 10.0. The van der Waals surface area contributed by atoms with Gasteiger partial charge in [-0.3, -0.25) is 4.98 Å².